The summed E-state index contributed by atoms with van der Waals surface area (Å²) in [6.07, 6.45) is 1.71. The maximum atomic E-state index is 12.9. The summed E-state index contributed by atoms with van der Waals surface area (Å²) >= 11 is 0. The number of hydrazine groups is 1. The molecule has 1 aliphatic rings. The minimum absolute atomic E-state index is 0.0573. The number of nitrogens with zero attached hydrogens (tertiary/aromatic N) is 2. The summed E-state index contributed by atoms with van der Waals surface area (Å²) in [5, 5.41) is 10.7. The molecule has 8 heteroatoms. The molecule has 2 amide bonds. The Morgan fingerprint density at radius 2 is 1.83 bits per heavy atom. The van der Waals surface area contributed by atoms with E-state index in [0.29, 0.717) is 39.1 Å². The first-order chi connectivity index (χ1) is 14.4. The number of carboxylic acids is 1. The summed E-state index contributed by atoms with van der Waals surface area (Å²) in [5.74, 6) is -1.83. The van der Waals surface area contributed by atoms with Gasteiger partial charge in [0.2, 0.25) is 5.91 Å². The second-order valence-corrected chi connectivity index (χ2v) is 8.01. The van der Waals surface area contributed by atoms with E-state index in [2.05, 4.69) is 5.43 Å². The van der Waals surface area contributed by atoms with Crippen molar-refractivity contribution in [1.29, 1.82) is 0 Å². The number of aliphatic carboxylic acids is 1. The highest BCUT2D eigenvalue weighted by atomic mass is 16.5. The van der Waals surface area contributed by atoms with Crippen LogP contribution in [0.1, 0.15) is 38.7 Å². The summed E-state index contributed by atoms with van der Waals surface area (Å²) in [5.41, 5.74) is 3.70. The molecular formula is C22H33N3O5. The zero-order chi connectivity index (χ0) is 21.9. The Morgan fingerprint density at radius 3 is 2.43 bits per heavy atom. The summed E-state index contributed by atoms with van der Waals surface area (Å²) in [4.78, 5) is 39.3. The number of rotatable bonds is 10. The number of benzene rings is 1. The summed E-state index contributed by atoms with van der Waals surface area (Å²) in [6, 6.07) is 8.71. The third-order valence-corrected chi connectivity index (χ3v) is 4.98. The molecule has 1 heterocycles. The van der Waals surface area contributed by atoms with E-state index in [0.717, 1.165) is 10.6 Å². The first-order valence-corrected chi connectivity index (χ1v) is 10.5. The van der Waals surface area contributed by atoms with E-state index in [-0.39, 0.29) is 37.1 Å². The minimum atomic E-state index is -1.12. The van der Waals surface area contributed by atoms with Crippen molar-refractivity contribution in [3.05, 3.63) is 35.9 Å². The fourth-order valence-corrected chi connectivity index (χ4v) is 3.42. The Kier molecular flexibility index (Phi) is 9.76. The van der Waals surface area contributed by atoms with Gasteiger partial charge in [-0.1, -0.05) is 44.2 Å². The molecule has 1 atom stereocenters. The fraction of sp³-hybridized carbons (Fsp3) is 0.591. The molecule has 1 aromatic carbocycles. The van der Waals surface area contributed by atoms with Crippen molar-refractivity contribution in [2.24, 2.45) is 5.92 Å². The average Bonchev–Trinajstić information content (AvgIpc) is 2.71. The van der Waals surface area contributed by atoms with Gasteiger partial charge in [0.25, 0.3) is 5.91 Å². The van der Waals surface area contributed by atoms with Crippen LogP contribution in [0.15, 0.2) is 30.3 Å². The van der Waals surface area contributed by atoms with Crippen LogP contribution >= 0.6 is 0 Å². The monoisotopic (exact) mass is 419 g/mol. The molecule has 30 heavy (non-hydrogen) atoms. The molecule has 1 saturated heterocycles. The predicted molar refractivity (Wildman–Crippen MR) is 113 cm³/mol. The third kappa shape index (κ3) is 8.12. The number of carboxylic acid groups (broad SMARTS) is 1. The zero-order valence-electron chi connectivity index (χ0n) is 17.9. The smallest absolute Gasteiger partial charge is 0.328 e. The van der Waals surface area contributed by atoms with Gasteiger partial charge in [-0.3, -0.25) is 19.9 Å². The molecule has 1 unspecified atom stereocenters. The molecule has 0 radical (unpaired) electrons. The zero-order valence-corrected chi connectivity index (χ0v) is 17.9. The van der Waals surface area contributed by atoms with Crippen LogP contribution in [0.25, 0.3) is 0 Å². The highest BCUT2D eigenvalue weighted by molar-refractivity contribution is 5.87. The average molecular weight is 420 g/mol. The van der Waals surface area contributed by atoms with Crippen molar-refractivity contribution in [1.82, 2.24) is 15.3 Å². The lowest BCUT2D eigenvalue weighted by Crippen LogP contribution is -2.57. The lowest BCUT2D eigenvalue weighted by atomic mass is 10.0. The molecule has 1 aliphatic heterocycles. The SMILES string of the molecule is CC(C)CC(C(=O)O)N(NC(=O)CN1CCOCC1)C(=O)CCCc1ccccc1. The largest absolute Gasteiger partial charge is 0.480 e. The Morgan fingerprint density at radius 1 is 1.17 bits per heavy atom. The topological polar surface area (TPSA) is 99.2 Å². The van der Waals surface area contributed by atoms with E-state index in [1.807, 2.05) is 49.1 Å². The van der Waals surface area contributed by atoms with Crippen LogP contribution in [-0.2, 0) is 25.5 Å². The molecule has 8 nitrogen and oxygen atoms in total. The lowest BCUT2D eigenvalue weighted by molar-refractivity contribution is -0.157. The Hall–Kier alpha value is -2.45. The number of aryl methyl sites for hydroxylation is 1. The predicted octanol–water partition coefficient (Wildman–Crippen LogP) is 1.70. The molecular weight excluding hydrogens is 386 g/mol. The van der Waals surface area contributed by atoms with E-state index in [1.54, 1.807) is 0 Å². The van der Waals surface area contributed by atoms with Gasteiger partial charge < -0.3 is 9.84 Å². The number of amides is 2. The fourth-order valence-electron chi connectivity index (χ4n) is 3.42. The molecule has 0 spiro atoms. The highest BCUT2D eigenvalue weighted by Gasteiger charge is 2.32. The van der Waals surface area contributed by atoms with Gasteiger partial charge in [0.05, 0.1) is 19.8 Å². The second kappa shape index (κ2) is 12.3. The van der Waals surface area contributed by atoms with Gasteiger partial charge in [0, 0.05) is 19.5 Å². The van der Waals surface area contributed by atoms with Gasteiger partial charge >= 0.3 is 5.97 Å². The van der Waals surface area contributed by atoms with Gasteiger partial charge in [0.1, 0.15) is 0 Å². The first kappa shape index (κ1) is 23.8. The normalized spacial score (nSPS) is 15.6. The molecule has 0 bridgehead atoms. The highest BCUT2D eigenvalue weighted by Crippen LogP contribution is 2.14. The van der Waals surface area contributed by atoms with Crippen LogP contribution in [0, 0.1) is 5.92 Å². The lowest BCUT2D eigenvalue weighted by Gasteiger charge is -2.32. The Labute approximate surface area is 178 Å². The van der Waals surface area contributed by atoms with E-state index in [9.17, 15) is 19.5 Å². The standard InChI is InChI=1S/C22H33N3O5/c1-17(2)15-19(22(28)29)25(23-20(26)16-24-11-13-30-14-12-24)21(27)10-6-9-18-7-4-3-5-8-18/h3-5,7-8,17,19H,6,9-16H2,1-2H3,(H,23,26)(H,28,29). The van der Waals surface area contributed by atoms with Gasteiger partial charge in [-0.15, -0.1) is 0 Å². The quantitative estimate of drug-likeness (QED) is 0.560. The van der Waals surface area contributed by atoms with Crippen LogP contribution in [0.5, 0.6) is 0 Å². The number of morpholine rings is 1. The van der Waals surface area contributed by atoms with Crippen LogP contribution in [0.3, 0.4) is 0 Å². The summed E-state index contributed by atoms with van der Waals surface area (Å²) in [6.45, 7) is 6.26. The Bertz CT molecular complexity index is 689. The molecule has 0 aliphatic carbocycles. The molecule has 166 valence electrons. The third-order valence-electron chi connectivity index (χ3n) is 4.98. The second-order valence-electron chi connectivity index (χ2n) is 8.01. The molecule has 2 N–H and O–H groups in total. The van der Waals surface area contributed by atoms with E-state index < -0.39 is 12.0 Å². The first-order valence-electron chi connectivity index (χ1n) is 10.5. The van der Waals surface area contributed by atoms with Crippen LogP contribution in [0.4, 0.5) is 0 Å². The number of hydrogen-bond donors (Lipinski definition) is 2. The van der Waals surface area contributed by atoms with Crippen LogP contribution in [0.2, 0.25) is 0 Å². The van der Waals surface area contributed by atoms with Gasteiger partial charge in [0.15, 0.2) is 6.04 Å². The number of hydrogen-bond acceptors (Lipinski definition) is 5. The maximum Gasteiger partial charge on any atom is 0.328 e. The van der Waals surface area contributed by atoms with Crippen molar-refractivity contribution in [3.63, 3.8) is 0 Å². The summed E-state index contributed by atoms with van der Waals surface area (Å²) < 4.78 is 5.28. The minimum Gasteiger partial charge on any atom is -0.480 e. The van der Waals surface area contributed by atoms with Crippen molar-refractivity contribution >= 4 is 17.8 Å². The number of ether oxygens (including phenoxy) is 1. The van der Waals surface area contributed by atoms with Gasteiger partial charge in [-0.25, -0.2) is 9.80 Å². The van der Waals surface area contributed by atoms with Crippen molar-refractivity contribution in [2.75, 3.05) is 32.8 Å². The molecule has 2 rings (SSSR count). The van der Waals surface area contributed by atoms with Crippen molar-refractivity contribution in [2.45, 2.75) is 45.6 Å². The van der Waals surface area contributed by atoms with Crippen molar-refractivity contribution in [3.8, 4) is 0 Å². The van der Waals surface area contributed by atoms with E-state index in [4.69, 9.17) is 4.74 Å². The van der Waals surface area contributed by atoms with Crippen LogP contribution < -0.4 is 5.43 Å². The summed E-state index contributed by atoms with van der Waals surface area (Å²) in [7, 11) is 0. The number of carbonyl (C=O) groups is 3. The van der Waals surface area contributed by atoms with Crippen LogP contribution in [-0.4, -0.2) is 71.7 Å². The number of nitrogens with one attached hydrogen (secondary N) is 1. The molecule has 0 saturated carbocycles. The number of carbonyl (C=O) groups excluding carboxylic acids is 2. The van der Waals surface area contributed by atoms with Crippen molar-refractivity contribution < 1.29 is 24.2 Å². The van der Waals surface area contributed by atoms with E-state index in [1.165, 1.54) is 0 Å². The van der Waals surface area contributed by atoms with E-state index >= 15 is 0 Å². The van der Waals surface area contributed by atoms with Gasteiger partial charge in [-0.2, -0.15) is 0 Å². The van der Waals surface area contributed by atoms with Gasteiger partial charge in [-0.05, 0) is 30.7 Å². The Balaban J connectivity index is 2.01. The molecule has 1 fully saturated rings. The maximum absolute atomic E-state index is 12.9. The molecule has 1 aromatic rings. The molecule has 0 aromatic heterocycles.